The molecule has 0 bridgehead atoms. The Morgan fingerprint density at radius 2 is 1.12 bits per heavy atom. The molecule has 41 heavy (non-hydrogen) atoms. The third-order valence-electron chi connectivity index (χ3n) is 8.46. The molecule has 1 saturated carbocycles. The van der Waals surface area contributed by atoms with Crippen molar-refractivity contribution >= 4 is 47.6 Å². The van der Waals surface area contributed by atoms with E-state index in [-0.39, 0.29) is 5.82 Å². The Bertz CT molecular complexity index is 1740. The van der Waals surface area contributed by atoms with Crippen LogP contribution in [0.5, 0.6) is 0 Å². The van der Waals surface area contributed by atoms with E-state index in [0.717, 1.165) is 41.0 Å². The van der Waals surface area contributed by atoms with Crippen LogP contribution in [0.2, 0.25) is 0 Å². The Morgan fingerprint density at radius 1 is 0.634 bits per heavy atom. The molecule has 0 N–H and O–H groups in total. The predicted molar refractivity (Wildman–Crippen MR) is 177 cm³/mol. The Morgan fingerprint density at radius 3 is 1.63 bits per heavy atom. The van der Waals surface area contributed by atoms with Crippen LogP contribution < -0.4 is 15.9 Å². The van der Waals surface area contributed by atoms with Crippen molar-refractivity contribution in [1.29, 1.82) is 0 Å². The molecule has 1 aliphatic carbocycles. The van der Waals surface area contributed by atoms with E-state index < -0.39 is 5.31 Å². The first kappa shape index (κ1) is 26.3. The van der Waals surface area contributed by atoms with Crippen molar-refractivity contribution in [3.05, 3.63) is 157 Å². The molecule has 0 radical (unpaired) electrons. The summed E-state index contributed by atoms with van der Waals surface area (Å²) in [5.41, 5.74) is 5.61. The standard InChI is InChI=1S/C37H30BrFNP/c38-41(30-12-4-1-5-13-30,31-14-6-2-7-15-31,32-16-8-3-9-17-32)26-34-36(27-22-24-29(39)25-23-27)33-18-10-11-19-35(33)40-37(34)28-20-21-28/h1-19,22-25,28H,20-21,26H2. The van der Waals surface area contributed by atoms with E-state index in [9.17, 15) is 4.39 Å². The predicted octanol–water partition coefficient (Wildman–Crippen LogP) is 9.26. The van der Waals surface area contributed by atoms with E-state index in [1.54, 1.807) is 12.1 Å². The van der Waals surface area contributed by atoms with Gasteiger partial charge < -0.3 is 0 Å². The Labute approximate surface area is 248 Å². The molecule has 0 saturated heterocycles. The third-order valence-corrected chi connectivity index (χ3v) is 17.9. The van der Waals surface area contributed by atoms with Crippen LogP contribution >= 0.6 is 20.8 Å². The fourth-order valence-corrected chi connectivity index (χ4v) is 13.9. The second kappa shape index (κ2) is 10.3. The van der Waals surface area contributed by atoms with Crippen LogP contribution in [0.1, 0.15) is 30.0 Å². The Balaban J connectivity index is 1.63. The summed E-state index contributed by atoms with van der Waals surface area (Å²) in [5.74, 6) is 0.201. The molecule has 1 heterocycles. The van der Waals surface area contributed by atoms with Gasteiger partial charge in [0.05, 0.1) is 0 Å². The molecular weight excluding hydrogens is 588 g/mol. The van der Waals surface area contributed by atoms with Crippen LogP contribution in [0.15, 0.2) is 140 Å². The molecule has 0 spiro atoms. The van der Waals surface area contributed by atoms with Crippen LogP contribution in [0.25, 0.3) is 22.0 Å². The SMILES string of the molecule is Fc1ccc(-c2c(CP(Br)(c3ccccc3)(c3ccccc3)c3ccccc3)c(C3CC3)nc3ccccc23)cc1. The fourth-order valence-electron chi connectivity index (χ4n) is 6.31. The first-order valence-electron chi connectivity index (χ1n) is 14.1. The van der Waals surface area contributed by atoms with Crippen LogP contribution in [0.4, 0.5) is 4.39 Å². The molecule has 202 valence electrons. The van der Waals surface area contributed by atoms with Gasteiger partial charge in [0.2, 0.25) is 0 Å². The van der Waals surface area contributed by atoms with Crippen molar-refractivity contribution in [3.8, 4) is 11.1 Å². The van der Waals surface area contributed by atoms with Crippen molar-refractivity contribution < 1.29 is 4.39 Å². The summed E-state index contributed by atoms with van der Waals surface area (Å²) < 4.78 is 14.2. The van der Waals surface area contributed by atoms with Gasteiger partial charge in [-0.05, 0) is 0 Å². The molecule has 4 heteroatoms. The maximum atomic E-state index is 14.2. The summed E-state index contributed by atoms with van der Waals surface area (Å²) in [6.45, 7) is 0. The summed E-state index contributed by atoms with van der Waals surface area (Å²) in [5, 5.41) is 1.61. The van der Waals surface area contributed by atoms with Gasteiger partial charge in [-0.15, -0.1) is 0 Å². The Hall–Kier alpha value is -3.65. The number of nitrogens with zero attached hydrogens (tertiary/aromatic N) is 1. The zero-order valence-corrected chi connectivity index (χ0v) is 25.1. The summed E-state index contributed by atoms with van der Waals surface area (Å²) >= 11 is 4.68. The van der Waals surface area contributed by atoms with Gasteiger partial charge in [-0.1, -0.05) is 0 Å². The minimum absolute atomic E-state index is 0.228. The number of fused-ring (bicyclic) bond motifs is 1. The zero-order chi connectivity index (χ0) is 27.9. The summed E-state index contributed by atoms with van der Waals surface area (Å²) in [4.78, 5) is 5.36. The van der Waals surface area contributed by atoms with Gasteiger partial charge in [-0.3, -0.25) is 0 Å². The molecule has 7 rings (SSSR count). The second-order valence-corrected chi connectivity index (χ2v) is 19.9. The topological polar surface area (TPSA) is 12.9 Å². The van der Waals surface area contributed by atoms with E-state index in [1.807, 2.05) is 12.1 Å². The molecule has 1 aliphatic rings. The number of halogens is 2. The van der Waals surface area contributed by atoms with E-state index >= 15 is 0 Å². The van der Waals surface area contributed by atoms with Gasteiger partial charge in [-0.25, -0.2) is 0 Å². The van der Waals surface area contributed by atoms with Crippen molar-refractivity contribution in [2.24, 2.45) is 0 Å². The second-order valence-electron chi connectivity index (χ2n) is 11.0. The van der Waals surface area contributed by atoms with Gasteiger partial charge >= 0.3 is 250 Å². The van der Waals surface area contributed by atoms with Crippen molar-refractivity contribution in [2.45, 2.75) is 24.9 Å². The molecule has 0 unspecified atom stereocenters. The Kier molecular flexibility index (Phi) is 6.61. The number of hydrogen-bond donors (Lipinski definition) is 0. The molecular formula is C37H30BrFNP. The van der Waals surface area contributed by atoms with E-state index in [0.29, 0.717) is 5.92 Å². The molecule has 1 aromatic heterocycles. The monoisotopic (exact) mass is 617 g/mol. The number of benzene rings is 5. The number of hydrogen-bond acceptors (Lipinski definition) is 1. The first-order chi connectivity index (χ1) is 20.1. The summed E-state index contributed by atoms with van der Waals surface area (Å²) in [6.07, 6.45) is 3.03. The summed E-state index contributed by atoms with van der Waals surface area (Å²) in [6, 6.07) is 48.2. The summed E-state index contributed by atoms with van der Waals surface area (Å²) in [7, 11) is 0. The third kappa shape index (κ3) is 4.43. The van der Waals surface area contributed by atoms with Crippen LogP contribution in [0, 0.1) is 5.82 Å². The normalized spacial score (nSPS) is 14.4. The minimum atomic E-state index is -3.31. The molecule has 0 amide bonds. The van der Waals surface area contributed by atoms with Crippen LogP contribution in [0.3, 0.4) is 0 Å². The number of rotatable bonds is 7. The van der Waals surface area contributed by atoms with Gasteiger partial charge in [-0.2, -0.15) is 0 Å². The molecule has 5 aromatic carbocycles. The van der Waals surface area contributed by atoms with Crippen molar-refractivity contribution in [2.75, 3.05) is 0 Å². The quantitative estimate of drug-likeness (QED) is 0.163. The molecule has 0 atom stereocenters. The van der Waals surface area contributed by atoms with Gasteiger partial charge in [0.25, 0.3) is 0 Å². The number of aromatic nitrogens is 1. The average Bonchev–Trinajstić information content (AvgIpc) is 3.88. The molecule has 1 nitrogen and oxygen atoms in total. The van der Waals surface area contributed by atoms with Crippen LogP contribution in [-0.2, 0) is 6.16 Å². The van der Waals surface area contributed by atoms with E-state index in [2.05, 4.69) is 131 Å². The molecule has 6 aromatic rings. The van der Waals surface area contributed by atoms with Gasteiger partial charge in [0, 0.05) is 0 Å². The van der Waals surface area contributed by atoms with Gasteiger partial charge in [0.15, 0.2) is 0 Å². The van der Waals surface area contributed by atoms with Gasteiger partial charge in [0.1, 0.15) is 0 Å². The van der Waals surface area contributed by atoms with E-state index in [4.69, 9.17) is 4.98 Å². The van der Waals surface area contributed by atoms with E-state index in [1.165, 1.54) is 27.2 Å². The van der Waals surface area contributed by atoms with Crippen molar-refractivity contribution in [3.63, 3.8) is 0 Å². The van der Waals surface area contributed by atoms with Crippen LogP contribution in [-0.4, -0.2) is 4.98 Å². The fraction of sp³-hybridized carbons (Fsp3) is 0.108. The zero-order valence-electron chi connectivity index (χ0n) is 22.6. The van der Waals surface area contributed by atoms with Crippen molar-refractivity contribution in [1.82, 2.24) is 4.98 Å². The first-order valence-corrected chi connectivity index (χ1v) is 18.6. The maximum absolute atomic E-state index is 14.2. The molecule has 1 fully saturated rings. The number of para-hydroxylation sites is 1. The number of pyridine rings is 1. The average molecular weight is 619 g/mol. The molecule has 0 aliphatic heterocycles.